The van der Waals surface area contributed by atoms with E-state index in [0.717, 1.165) is 22.8 Å². The van der Waals surface area contributed by atoms with Gasteiger partial charge in [0.15, 0.2) is 0 Å². The molecule has 306 valence electrons. The van der Waals surface area contributed by atoms with Gasteiger partial charge in [-0.25, -0.2) is 0 Å². The van der Waals surface area contributed by atoms with Crippen molar-refractivity contribution in [2.45, 2.75) is 106 Å². The van der Waals surface area contributed by atoms with E-state index >= 15 is 0 Å². The standard InChI is InChI=1S/C46H54N4.4BrH.2Pd/c1-28(2)38-19-18-33(11)43(34-22-39(29(3)4)45(40(23-34)30(5)6)49-26-36-16-12-14-20-47-36)44(38)35-24-41(31(7)8)46(42(25-35)32(9)10)50-27-37-17-13-15-21-48-37;;;;;;/h12-32H,1-11H3;4*1H;;/q;;;;;2*+2/p-4/b49-26+,50-27+;;;;;;. The van der Waals surface area contributed by atoms with Crippen molar-refractivity contribution in [3.05, 3.63) is 130 Å². The fourth-order valence-electron chi connectivity index (χ4n) is 6.76. The summed E-state index contributed by atoms with van der Waals surface area (Å²) in [6.45, 7) is 25.1. The van der Waals surface area contributed by atoms with Gasteiger partial charge in [-0.3, -0.25) is 20.0 Å². The quantitative estimate of drug-likeness (QED) is 0.148. The number of aliphatic imine (C=N–C) groups is 2. The summed E-state index contributed by atoms with van der Waals surface area (Å²) < 4.78 is 0. The van der Waals surface area contributed by atoms with Crippen LogP contribution in [0.1, 0.15) is 144 Å². The first-order chi connectivity index (χ1) is 23.9. The maximum atomic E-state index is 5.12. The van der Waals surface area contributed by atoms with Crippen molar-refractivity contribution in [1.82, 2.24) is 9.97 Å². The maximum Gasteiger partial charge on any atom is 2.00 e. The minimum absolute atomic E-state index is 0. The van der Waals surface area contributed by atoms with E-state index in [9.17, 15) is 0 Å². The number of aryl methyl sites for hydroxylation is 1. The fraction of sp³-hybridized carbons (Fsp3) is 0.348. The van der Waals surface area contributed by atoms with Crippen LogP contribution in [-0.4, -0.2) is 22.4 Å². The summed E-state index contributed by atoms with van der Waals surface area (Å²) in [5.41, 5.74) is 16.6. The monoisotopic (exact) mass is 1190 g/mol. The van der Waals surface area contributed by atoms with Crippen molar-refractivity contribution >= 4 is 23.8 Å². The first-order valence-electron chi connectivity index (χ1n) is 18.3. The Morgan fingerprint density at radius 2 is 0.786 bits per heavy atom. The van der Waals surface area contributed by atoms with Crippen molar-refractivity contribution in [2.75, 3.05) is 0 Å². The van der Waals surface area contributed by atoms with E-state index in [1.807, 2.05) is 61.2 Å². The van der Waals surface area contributed by atoms with E-state index in [4.69, 9.17) is 9.98 Å². The van der Waals surface area contributed by atoms with E-state index in [1.165, 1.54) is 55.6 Å². The van der Waals surface area contributed by atoms with Crippen molar-refractivity contribution in [3.8, 4) is 22.3 Å². The third-order valence-corrected chi connectivity index (χ3v) is 9.50. The Bertz CT molecular complexity index is 1960. The number of aromatic nitrogens is 2. The molecule has 5 aromatic rings. The molecule has 0 spiro atoms. The van der Waals surface area contributed by atoms with Gasteiger partial charge in [-0.15, -0.1) is 0 Å². The molecule has 5 rings (SSSR count). The maximum absolute atomic E-state index is 5.12. The molecule has 0 aliphatic carbocycles. The molecule has 2 aromatic heterocycles. The summed E-state index contributed by atoms with van der Waals surface area (Å²) in [7, 11) is 0. The van der Waals surface area contributed by atoms with E-state index in [0.29, 0.717) is 5.92 Å². The smallest absolute Gasteiger partial charge is 1.00 e. The van der Waals surface area contributed by atoms with Gasteiger partial charge in [-0.2, -0.15) is 0 Å². The molecule has 0 amide bonds. The number of halogens is 4. The van der Waals surface area contributed by atoms with E-state index in [2.05, 4.69) is 123 Å². The molecule has 0 unspecified atom stereocenters. The third-order valence-electron chi connectivity index (χ3n) is 9.50. The fourth-order valence-corrected chi connectivity index (χ4v) is 6.76. The van der Waals surface area contributed by atoms with Gasteiger partial charge in [0.1, 0.15) is 0 Å². The van der Waals surface area contributed by atoms with Crippen molar-refractivity contribution in [1.29, 1.82) is 0 Å². The summed E-state index contributed by atoms with van der Waals surface area (Å²) in [4.78, 5) is 19.2. The van der Waals surface area contributed by atoms with E-state index in [1.54, 1.807) is 0 Å². The molecule has 0 aliphatic heterocycles. The van der Waals surface area contributed by atoms with Crippen LogP contribution in [0, 0.1) is 6.92 Å². The Labute approximate surface area is 406 Å². The van der Waals surface area contributed by atoms with Crippen LogP contribution in [0.2, 0.25) is 0 Å². The molecule has 4 nitrogen and oxygen atoms in total. The molecule has 0 atom stereocenters. The largest absolute Gasteiger partial charge is 2.00 e. The predicted octanol–water partition coefficient (Wildman–Crippen LogP) is 1.25. The van der Waals surface area contributed by atoms with Crippen molar-refractivity contribution in [3.63, 3.8) is 0 Å². The van der Waals surface area contributed by atoms with E-state index in [-0.39, 0.29) is 132 Å². The molecule has 2 heterocycles. The topological polar surface area (TPSA) is 50.5 Å². The molecule has 0 saturated carbocycles. The van der Waals surface area contributed by atoms with Crippen LogP contribution in [0.4, 0.5) is 11.4 Å². The number of nitrogens with zero attached hydrogens (tertiary/aromatic N) is 4. The van der Waals surface area contributed by atoms with Gasteiger partial charge >= 0.3 is 40.8 Å². The third kappa shape index (κ3) is 13.5. The zero-order valence-electron chi connectivity index (χ0n) is 34.1. The van der Waals surface area contributed by atoms with Gasteiger partial charge in [-0.1, -0.05) is 93.5 Å². The normalized spacial score (nSPS) is 10.9. The molecule has 0 saturated heterocycles. The van der Waals surface area contributed by atoms with Gasteiger partial charge in [-0.05, 0) is 141 Å². The number of hydrogen-bond donors (Lipinski definition) is 0. The number of rotatable bonds is 11. The Morgan fingerprint density at radius 3 is 1.09 bits per heavy atom. The van der Waals surface area contributed by atoms with Crippen molar-refractivity contribution < 1.29 is 109 Å². The molecule has 0 radical (unpaired) electrons. The molecule has 56 heavy (non-hydrogen) atoms. The van der Waals surface area contributed by atoms with Gasteiger partial charge in [0.2, 0.25) is 0 Å². The summed E-state index contributed by atoms with van der Waals surface area (Å²) in [5.74, 6) is 1.49. The van der Waals surface area contributed by atoms with Crippen LogP contribution in [0.5, 0.6) is 0 Å². The van der Waals surface area contributed by atoms with Crippen LogP contribution in [0.3, 0.4) is 0 Å². The molecule has 0 fully saturated rings. The number of hydrogen-bond acceptors (Lipinski definition) is 4. The number of benzene rings is 3. The minimum atomic E-state index is 0. The first-order valence-corrected chi connectivity index (χ1v) is 18.3. The molecule has 0 N–H and O–H groups in total. The second-order valence-corrected chi connectivity index (χ2v) is 15.0. The Balaban J connectivity index is 0. The van der Waals surface area contributed by atoms with E-state index < -0.39 is 0 Å². The SMILES string of the molecule is Cc1ccc(C(C)C)c(-c2cc(C(C)C)c(/N=C/c3ccccn3)c(C(C)C)c2)c1-c1cc(C(C)C)c(/N=C/c2ccccn2)c(C(C)C)c1.[Br-].[Br-].[Br-].[Br-].[Pd+2].[Pd+2]. The molecule has 3 aromatic carbocycles. The Hall–Kier alpha value is -1.46. The molecular formula is C46H54Br4N4Pd2. The summed E-state index contributed by atoms with van der Waals surface area (Å²) in [6.07, 6.45) is 7.45. The van der Waals surface area contributed by atoms with Crippen LogP contribution >= 0.6 is 0 Å². The Kier molecular flexibility index (Phi) is 26.2. The van der Waals surface area contributed by atoms with Crippen LogP contribution < -0.4 is 67.9 Å². The first kappa shape index (κ1) is 56.6. The zero-order valence-corrected chi connectivity index (χ0v) is 43.5. The molecular weight excluding hydrogens is 1140 g/mol. The average Bonchev–Trinajstić information content (AvgIpc) is 3.09. The van der Waals surface area contributed by atoms with Crippen LogP contribution in [-0.2, 0) is 40.8 Å². The van der Waals surface area contributed by atoms with Crippen LogP contribution in [0.15, 0.2) is 95.2 Å². The summed E-state index contributed by atoms with van der Waals surface area (Å²) >= 11 is 0. The second kappa shape index (κ2) is 25.9. The average molecular weight is 1200 g/mol. The Morgan fingerprint density at radius 1 is 0.446 bits per heavy atom. The van der Waals surface area contributed by atoms with Gasteiger partial charge in [0.05, 0.1) is 35.2 Å². The number of pyridine rings is 2. The molecule has 0 bridgehead atoms. The van der Waals surface area contributed by atoms with Gasteiger partial charge in [0, 0.05) is 12.4 Å². The van der Waals surface area contributed by atoms with Gasteiger partial charge in [0.25, 0.3) is 0 Å². The van der Waals surface area contributed by atoms with Crippen LogP contribution in [0.25, 0.3) is 22.3 Å². The summed E-state index contributed by atoms with van der Waals surface area (Å²) in [5, 5.41) is 0. The molecule has 10 heteroatoms. The van der Waals surface area contributed by atoms with Crippen molar-refractivity contribution in [2.24, 2.45) is 9.98 Å². The zero-order chi connectivity index (χ0) is 36.1. The minimum Gasteiger partial charge on any atom is -1.00 e. The predicted molar refractivity (Wildman–Crippen MR) is 215 cm³/mol. The van der Waals surface area contributed by atoms with Gasteiger partial charge < -0.3 is 67.9 Å². The summed E-state index contributed by atoms with van der Waals surface area (Å²) in [6, 6.07) is 26.2. The molecule has 0 aliphatic rings. The second-order valence-electron chi connectivity index (χ2n) is 15.0.